The summed E-state index contributed by atoms with van der Waals surface area (Å²) >= 11 is 6.06. The molecule has 1 unspecified atom stereocenters. The Hall–Kier alpha value is -1.84. The Morgan fingerprint density at radius 2 is 1.82 bits per heavy atom. The Bertz CT molecular complexity index is 916. The number of aliphatic hydroxyl groups is 1. The van der Waals surface area contributed by atoms with Crippen molar-refractivity contribution in [1.29, 1.82) is 0 Å². The standard InChI is InChI=1S/C24H29ClFNO/c1-3-4-8-19-20-14-21(25)22(26)15-23(20)27-24(19)16(2)18-11-9-17(10-12-18)7-5-6-13-28/h9-12,14-16,27-28H,3-8,13H2,1-2H3. The number of aromatic nitrogens is 1. The first-order valence-corrected chi connectivity index (χ1v) is 10.6. The van der Waals surface area contributed by atoms with Crippen LogP contribution < -0.4 is 0 Å². The molecule has 0 radical (unpaired) electrons. The molecule has 0 fully saturated rings. The van der Waals surface area contributed by atoms with Gasteiger partial charge < -0.3 is 10.1 Å². The molecule has 0 saturated carbocycles. The summed E-state index contributed by atoms with van der Waals surface area (Å²) in [6.07, 6.45) is 5.98. The van der Waals surface area contributed by atoms with Crippen molar-refractivity contribution in [2.75, 3.05) is 6.61 Å². The number of nitrogens with one attached hydrogen (secondary N) is 1. The molecule has 1 heterocycles. The largest absolute Gasteiger partial charge is 0.396 e. The quantitative estimate of drug-likeness (QED) is 0.381. The van der Waals surface area contributed by atoms with Gasteiger partial charge in [-0.3, -0.25) is 0 Å². The van der Waals surface area contributed by atoms with Crippen molar-refractivity contribution >= 4 is 22.5 Å². The summed E-state index contributed by atoms with van der Waals surface area (Å²) in [4.78, 5) is 3.47. The molecule has 28 heavy (non-hydrogen) atoms. The predicted octanol–water partition coefficient (Wildman–Crippen LogP) is 6.77. The molecule has 2 aromatic carbocycles. The third kappa shape index (κ3) is 4.59. The van der Waals surface area contributed by atoms with E-state index < -0.39 is 0 Å². The molecule has 1 aromatic heterocycles. The van der Waals surface area contributed by atoms with Gasteiger partial charge in [0, 0.05) is 29.1 Å². The van der Waals surface area contributed by atoms with Crippen LogP contribution in [0.2, 0.25) is 5.02 Å². The second-order valence-electron chi connectivity index (χ2n) is 7.58. The molecule has 150 valence electrons. The van der Waals surface area contributed by atoms with Crippen molar-refractivity contribution in [3.63, 3.8) is 0 Å². The van der Waals surface area contributed by atoms with Crippen LogP contribution in [0.4, 0.5) is 4.39 Å². The smallest absolute Gasteiger partial charge is 0.143 e. The van der Waals surface area contributed by atoms with Crippen molar-refractivity contribution in [2.24, 2.45) is 0 Å². The van der Waals surface area contributed by atoms with E-state index in [0.717, 1.165) is 55.1 Å². The van der Waals surface area contributed by atoms with Gasteiger partial charge >= 0.3 is 0 Å². The molecule has 0 aliphatic rings. The molecule has 0 aliphatic carbocycles. The first kappa shape index (κ1) is 20.9. The van der Waals surface area contributed by atoms with Gasteiger partial charge in [0.2, 0.25) is 0 Å². The van der Waals surface area contributed by atoms with E-state index in [9.17, 15) is 4.39 Å². The SMILES string of the molecule is CCCCc1c(C(C)c2ccc(CCCCO)cc2)[nH]c2cc(F)c(Cl)cc12. The summed E-state index contributed by atoms with van der Waals surface area (Å²) in [7, 11) is 0. The van der Waals surface area contributed by atoms with Crippen LogP contribution in [0, 0.1) is 5.82 Å². The van der Waals surface area contributed by atoms with Crippen LogP contribution in [-0.4, -0.2) is 16.7 Å². The summed E-state index contributed by atoms with van der Waals surface area (Å²) in [5, 5.41) is 10.1. The van der Waals surface area contributed by atoms with E-state index >= 15 is 0 Å². The maximum absolute atomic E-state index is 14.0. The zero-order chi connectivity index (χ0) is 20.1. The number of benzene rings is 2. The maximum atomic E-state index is 14.0. The highest BCUT2D eigenvalue weighted by Crippen LogP contribution is 2.35. The van der Waals surface area contributed by atoms with Gasteiger partial charge in [-0.15, -0.1) is 0 Å². The summed E-state index contributed by atoms with van der Waals surface area (Å²) in [6.45, 7) is 4.62. The normalized spacial score (nSPS) is 12.6. The summed E-state index contributed by atoms with van der Waals surface area (Å²) in [6, 6.07) is 12.0. The summed E-state index contributed by atoms with van der Waals surface area (Å²) in [5.41, 5.74) is 5.75. The van der Waals surface area contributed by atoms with Crippen molar-refractivity contribution in [3.05, 3.63) is 69.6 Å². The molecule has 2 N–H and O–H groups in total. The molecular weight excluding hydrogens is 373 g/mol. The van der Waals surface area contributed by atoms with Crippen LogP contribution in [0.15, 0.2) is 36.4 Å². The fourth-order valence-electron chi connectivity index (χ4n) is 3.84. The Labute approximate surface area is 171 Å². The van der Waals surface area contributed by atoms with Crippen molar-refractivity contribution < 1.29 is 9.50 Å². The highest BCUT2D eigenvalue weighted by molar-refractivity contribution is 6.31. The van der Waals surface area contributed by atoms with Gasteiger partial charge in [0.1, 0.15) is 5.82 Å². The van der Waals surface area contributed by atoms with Crippen LogP contribution in [0.5, 0.6) is 0 Å². The zero-order valence-electron chi connectivity index (χ0n) is 16.7. The second kappa shape index (κ2) is 9.58. The van der Waals surface area contributed by atoms with E-state index in [1.807, 2.05) is 0 Å². The number of hydrogen-bond acceptors (Lipinski definition) is 1. The van der Waals surface area contributed by atoms with E-state index in [4.69, 9.17) is 16.7 Å². The van der Waals surface area contributed by atoms with Crippen LogP contribution in [0.1, 0.15) is 67.8 Å². The molecule has 4 heteroatoms. The highest BCUT2D eigenvalue weighted by Gasteiger charge is 2.19. The monoisotopic (exact) mass is 401 g/mol. The molecule has 2 nitrogen and oxygen atoms in total. The van der Waals surface area contributed by atoms with Gasteiger partial charge in [0.05, 0.1) is 5.02 Å². The van der Waals surface area contributed by atoms with Gasteiger partial charge in [-0.25, -0.2) is 4.39 Å². The number of halogens is 2. The maximum Gasteiger partial charge on any atom is 0.143 e. The van der Waals surface area contributed by atoms with E-state index in [2.05, 4.69) is 43.1 Å². The first-order valence-electron chi connectivity index (χ1n) is 10.2. The molecule has 3 rings (SSSR count). The Morgan fingerprint density at radius 1 is 1.07 bits per heavy atom. The van der Waals surface area contributed by atoms with Crippen LogP contribution in [-0.2, 0) is 12.8 Å². The predicted molar refractivity (Wildman–Crippen MR) is 116 cm³/mol. The molecule has 1 atom stereocenters. The molecule has 0 aliphatic heterocycles. The Kier molecular flexibility index (Phi) is 7.14. The first-order chi connectivity index (χ1) is 13.5. The lowest BCUT2D eigenvalue weighted by Crippen LogP contribution is -2.01. The highest BCUT2D eigenvalue weighted by atomic mass is 35.5. The number of hydrogen-bond donors (Lipinski definition) is 2. The number of aromatic amines is 1. The number of aliphatic hydroxyl groups excluding tert-OH is 1. The number of fused-ring (bicyclic) bond motifs is 1. The minimum Gasteiger partial charge on any atom is -0.396 e. The van der Waals surface area contributed by atoms with E-state index in [1.165, 1.54) is 22.8 Å². The molecule has 0 amide bonds. The van der Waals surface area contributed by atoms with Gasteiger partial charge in [0.15, 0.2) is 0 Å². The molecule has 0 bridgehead atoms. The molecule has 3 aromatic rings. The van der Waals surface area contributed by atoms with Crippen LogP contribution in [0.3, 0.4) is 0 Å². The number of rotatable bonds is 9. The molecular formula is C24H29ClFNO. The van der Waals surface area contributed by atoms with E-state index in [-0.39, 0.29) is 23.4 Å². The number of H-pyrrole nitrogens is 1. The van der Waals surface area contributed by atoms with Gasteiger partial charge in [0.25, 0.3) is 0 Å². The zero-order valence-corrected chi connectivity index (χ0v) is 17.5. The summed E-state index contributed by atoms with van der Waals surface area (Å²) < 4.78 is 14.0. The fourth-order valence-corrected chi connectivity index (χ4v) is 4.00. The van der Waals surface area contributed by atoms with Crippen molar-refractivity contribution in [2.45, 2.75) is 58.3 Å². The van der Waals surface area contributed by atoms with Crippen LogP contribution in [0.25, 0.3) is 10.9 Å². The third-order valence-electron chi connectivity index (χ3n) is 5.55. The minimum atomic E-state index is -0.385. The fraction of sp³-hybridized carbons (Fsp3) is 0.417. The average Bonchev–Trinajstić information content (AvgIpc) is 3.04. The average molecular weight is 402 g/mol. The minimum absolute atomic E-state index is 0.177. The second-order valence-corrected chi connectivity index (χ2v) is 7.98. The number of aryl methyl sites for hydroxylation is 2. The molecule has 0 spiro atoms. The van der Waals surface area contributed by atoms with Gasteiger partial charge in [-0.1, -0.05) is 56.1 Å². The molecule has 0 saturated heterocycles. The van der Waals surface area contributed by atoms with Crippen LogP contribution >= 0.6 is 11.6 Å². The third-order valence-corrected chi connectivity index (χ3v) is 5.84. The van der Waals surface area contributed by atoms with Gasteiger partial charge in [-0.05, 0) is 60.9 Å². The van der Waals surface area contributed by atoms with Crippen molar-refractivity contribution in [1.82, 2.24) is 4.98 Å². The van der Waals surface area contributed by atoms with E-state index in [0.29, 0.717) is 0 Å². The Morgan fingerprint density at radius 3 is 2.50 bits per heavy atom. The van der Waals surface area contributed by atoms with E-state index in [1.54, 1.807) is 6.07 Å². The Balaban J connectivity index is 1.92. The lowest BCUT2D eigenvalue weighted by Gasteiger charge is -2.14. The topological polar surface area (TPSA) is 36.0 Å². The number of unbranched alkanes of at least 4 members (excludes halogenated alkanes) is 2. The summed E-state index contributed by atoms with van der Waals surface area (Å²) in [5.74, 6) is -0.198. The van der Waals surface area contributed by atoms with Gasteiger partial charge in [-0.2, -0.15) is 0 Å². The lowest BCUT2D eigenvalue weighted by molar-refractivity contribution is 0.284. The van der Waals surface area contributed by atoms with Crippen molar-refractivity contribution in [3.8, 4) is 0 Å². The lowest BCUT2D eigenvalue weighted by atomic mass is 9.91.